The van der Waals surface area contributed by atoms with Gasteiger partial charge in [-0.25, -0.2) is 9.97 Å². The van der Waals surface area contributed by atoms with E-state index in [4.69, 9.17) is 0 Å². The summed E-state index contributed by atoms with van der Waals surface area (Å²) in [7, 11) is 0. The molecule has 4 rings (SSSR count). The number of nitrogens with zero attached hydrogens (tertiary/aromatic N) is 2. The van der Waals surface area contributed by atoms with Gasteiger partial charge < -0.3 is 0 Å². The molecule has 1 saturated carbocycles. The Morgan fingerprint density at radius 1 is 0.839 bits per heavy atom. The van der Waals surface area contributed by atoms with Gasteiger partial charge in [-0.3, -0.25) is 0 Å². The third kappa shape index (κ3) is 5.06. The molecule has 1 aromatic heterocycles. The van der Waals surface area contributed by atoms with Crippen molar-refractivity contribution in [3.05, 3.63) is 94.6 Å². The number of hydrogen-bond donors (Lipinski definition) is 0. The monoisotopic (exact) mass is 412 g/mol. The largest absolute Gasteiger partial charge is 0.241 e. The van der Waals surface area contributed by atoms with Crippen LogP contribution in [0.5, 0.6) is 0 Å². The van der Waals surface area contributed by atoms with Crippen molar-refractivity contribution in [3.63, 3.8) is 0 Å². The molecule has 2 nitrogen and oxygen atoms in total. The Labute approximate surface area is 188 Å². The third-order valence-corrected chi connectivity index (χ3v) is 7.29. The van der Waals surface area contributed by atoms with Crippen LogP contribution in [0.25, 0.3) is 0 Å². The van der Waals surface area contributed by atoms with Crippen LogP contribution in [0.4, 0.5) is 0 Å². The van der Waals surface area contributed by atoms with E-state index in [1.165, 1.54) is 53.5 Å². The number of hydrogen-bond acceptors (Lipinski definition) is 2. The van der Waals surface area contributed by atoms with Crippen LogP contribution in [-0.2, 0) is 18.3 Å². The van der Waals surface area contributed by atoms with Crippen LogP contribution >= 0.6 is 0 Å². The van der Waals surface area contributed by atoms with Crippen molar-refractivity contribution in [2.75, 3.05) is 0 Å². The summed E-state index contributed by atoms with van der Waals surface area (Å²) < 4.78 is 0. The molecule has 0 saturated heterocycles. The summed E-state index contributed by atoms with van der Waals surface area (Å²) in [6.07, 6.45) is 11.4. The zero-order valence-electron chi connectivity index (χ0n) is 19.6. The van der Waals surface area contributed by atoms with E-state index in [1.807, 2.05) is 12.4 Å². The van der Waals surface area contributed by atoms with Gasteiger partial charge in [0.25, 0.3) is 0 Å². The molecule has 0 spiro atoms. The molecule has 3 aromatic rings. The summed E-state index contributed by atoms with van der Waals surface area (Å²) in [6.45, 7) is 9.00. The topological polar surface area (TPSA) is 25.8 Å². The minimum Gasteiger partial charge on any atom is -0.241 e. The SMILES string of the molecule is CCC(C)c1ncc(Cc2ccc(C(C)(C)c3ccc(CC4CCC4)cc3)cc2)cn1. The van der Waals surface area contributed by atoms with Crippen LogP contribution < -0.4 is 0 Å². The first-order valence-corrected chi connectivity index (χ1v) is 12.0. The summed E-state index contributed by atoms with van der Waals surface area (Å²) in [6, 6.07) is 18.4. The summed E-state index contributed by atoms with van der Waals surface area (Å²) in [5, 5.41) is 0. The lowest BCUT2D eigenvalue weighted by atomic mass is 9.76. The Kier molecular flexibility index (Phi) is 6.55. The molecule has 1 heterocycles. The minimum absolute atomic E-state index is 0.00538. The Balaban J connectivity index is 1.42. The number of benzene rings is 2. The normalized spacial score (nSPS) is 15.5. The molecule has 0 amide bonds. The van der Waals surface area contributed by atoms with E-state index < -0.39 is 0 Å². The Hall–Kier alpha value is -2.48. The van der Waals surface area contributed by atoms with Crippen LogP contribution in [0.1, 0.15) is 92.9 Å². The minimum atomic E-state index is -0.00538. The van der Waals surface area contributed by atoms with Gasteiger partial charge in [0.05, 0.1) is 0 Å². The number of aromatic nitrogens is 2. The third-order valence-electron chi connectivity index (χ3n) is 7.29. The van der Waals surface area contributed by atoms with E-state index in [-0.39, 0.29) is 5.41 Å². The second kappa shape index (κ2) is 9.34. The second-order valence-corrected chi connectivity index (χ2v) is 9.96. The van der Waals surface area contributed by atoms with Crippen molar-refractivity contribution in [3.8, 4) is 0 Å². The molecule has 1 aliphatic carbocycles. The first-order chi connectivity index (χ1) is 15.0. The first kappa shape index (κ1) is 21.7. The lowest BCUT2D eigenvalue weighted by Gasteiger charge is -2.28. The van der Waals surface area contributed by atoms with Gasteiger partial charge in [-0.2, -0.15) is 0 Å². The highest BCUT2D eigenvalue weighted by atomic mass is 14.9. The summed E-state index contributed by atoms with van der Waals surface area (Å²) >= 11 is 0. The van der Waals surface area contributed by atoms with Gasteiger partial charge in [0, 0.05) is 30.1 Å². The van der Waals surface area contributed by atoms with E-state index in [9.17, 15) is 0 Å². The molecule has 1 aliphatic rings. The first-order valence-electron chi connectivity index (χ1n) is 12.0. The molecular formula is C29H36N2. The second-order valence-electron chi connectivity index (χ2n) is 9.96. The van der Waals surface area contributed by atoms with Gasteiger partial charge in [0.1, 0.15) is 5.82 Å². The molecule has 31 heavy (non-hydrogen) atoms. The summed E-state index contributed by atoms with van der Waals surface area (Å²) in [4.78, 5) is 9.13. The zero-order chi connectivity index (χ0) is 21.8. The lowest BCUT2D eigenvalue weighted by Crippen LogP contribution is -2.19. The highest BCUT2D eigenvalue weighted by molar-refractivity contribution is 5.40. The maximum atomic E-state index is 4.56. The number of rotatable bonds is 8. The predicted octanol–water partition coefficient (Wildman–Crippen LogP) is 7.25. The Bertz CT molecular complexity index is 965. The zero-order valence-corrected chi connectivity index (χ0v) is 19.6. The van der Waals surface area contributed by atoms with E-state index in [2.05, 4.69) is 86.2 Å². The Morgan fingerprint density at radius 3 is 1.87 bits per heavy atom. The molecule has 1 atom stereocenters. The lowest BCUT2D eigenvalue weighted by molar-refractivity contribution is 0.314. The Morgan fingerprint density at radius 2 is 1.39 bits per heavy atom. The van der Waals surface area contributed by atoms with E-state index in [1.54, 1.807) is 0 Å². The predicted molar refractivity (Wildman–Crippen MR) is 130 cm³/mol. The average molecular weight is 413 g/mol. The van der Waals surface area contributed by atoms with Crippen molar-refractivity contribution >= 4 is 0 Å². The molecule has 1 unspecified atom stereocenters. The average Bonchev–Trinajstić information content (AvgIpc) is 2.77. The highest BCUT2D eigenvalue weighted by Gasteiger charge is 2.23. The van der Waals surface area contributed by atoms with Crippen molar-refractivity contribution in [2.24, 2.45) is 5.92 Å². The molecule has 0 aliphatic heterocycles. The van der Waals surface area contributed by atoms with E-state index in [0.29, 0.717) is 5.92 Å². The summed E-state index contributed by atoms with van der Waals surface area (Å²) in [5.74, 6) is 2.29. The fraction of sp³-hybridized carbons (Fsp3) is 0.448. The van der Waals surface area contributed by atoms with Gasteiger partial charge in [-0.1, -0.05) is 95.5 Å². The maximum Gasteiger partial charge on any atom is 0.131 e. The van der Waals surface area contributed by atoms with Crippen molar-refractivity contribution < 1.29 is 0 Å². The van der Waals surface area contributed by atoms with Gasteiger partial charge in [0.15, 0.2) is 0 Å². The van der Waals surface area contributed by atoms with Crippen molar-refractivity contribution in [1.82, 2.24) is 9.97 Å². The summed E-state index contributed by atoms with van der Waals surface area (Å²) in [5.41, 5.74) is 6.68. The molecule has 1 fully saturated rings. The molecule has 2 aromatic carbocycles. The van der Waals surface area contributed by atoms with E-state index in [0.717, 1.165) is 24.6 Å². The fourth-order valence-corrected chi connectivity index (χ4v) is 4.42. The van der Waals surface area contributed by atoms with Crippen LogP contribution in [0.3, 0.4) is 0 Å². The van der Waals surface area contributed by atoms with Gasteiger partial charge >= 0.3 is 0 Å². The van der Waals surface area contributed by atoms with Crippen LogP contribution in [0, 0.1) is 5.92 Å². The molecular weight excluding hydrogens is 376 g/mol. The molecule has 2 heteroatoms. The molecule has 0 radical (unpaired) electrons. The fourth-order valence-electron chi connectivity index (χ4n) is 4.42. The van der Waals surface area contributed by atoms with Crippen LogP contribution in [0.2, 0.25) is 0 Å². The van der Waals surface area contributed by atoms with E-state index >= 15 is 0 Å². The molecule has 0 bridgehead atoms. The molecule has 162 valence electrons. The van der Waals surface area contributed by atoms with Crippen LogP contribution in [0.15, 0.2) is 60.9 Å². The quantitative estimate of drug-likeness (QED) is 0.389. The van der Waals surface area contributed by atoms with Gasteiger partial charge in [-0.05, 0) is 46.6 Å². The van der Waals surface area contributed by atoms with Crippen molar-refractivity contribution in [2.45, 2.75) is 77.6 Å². The highest BCUT2D eigenvalue weighted by Crippen LogP contribution is 2.33. The van der Waals surface area contributed by atoms with Gasteiger partial charge in [-0.15, -0.1) is 0 Å². The smallest absolute Gasteiger partial charge is 0.131 e. The van der Waals surface area contributed by atoms with Gasteiger partial charge in [0.2, 0.25) is 0 Å². The van der Waals surface area contributed by atoms with Crippen molar-refractivity contribution in [1.29, 1.82) is 0 Å². The van der Waals surface area contributed by atoms with Crippen LogP contribution in [-0.4, -0.2) is 9.97 Å². The standard InChI is InChI=1S/C29H36N2/c1-5-21(2)28-30-19-25(20-31-28)18-24-11-15-27(16-12-24)29(3,4)26-13-9-23(10-14-26)17-22-7-6-8-22/h9-16,19-22H,5-8,17-18H2,1-4H3. The maximum absolute atomic E-state index is 4.56. The molecule has 0 N–H and O–H groups in total.